The Balaban J connectivity index is 2.13. The normalized spacial score (nSPS) is 13.3. The SMILES string of the molecule is CC[C@@H](C)NC(=O)[C@@H](C)NC(=O)C(=O)c1c(C)[nH]c2ccccc12. The molecule has 0 aliphatic heterocycles. The molecule has 0 aliphatic carbocycles. The number of hydrogen-bond donors (Lipinski definition) is 3. The molecule has 1 aromatic heterocycles. The third kappa shape index (κ3) is 3.64. The van der Waals surface area contributed by atoms with Crippen LogP contribution in [0.5, 0.6) is 0 Å². The molecular weight excluding hydrogens is 306 g/mol. The van der Waals surface area contributed by atoms with E-state index in [1.54, 1.807) is 19.9 Å². The topological polar surface area (TPSA) is 91.1 Å². The number of carbonyl (C=O) groups excluding carboxylic acids is 3. The van der Waals surface area contributed by atoms with Gasteiger partial charge in [0, 0.05) is 22.6 Å². The van der Waals surface area contributed by atoms with E-state index in [0.717, 1.165) is 11.9 Å². The first-order chi connectivity index (χ1) is 11.3. The number of aromatic nitrogens is 1. The molecule has 0 unspecified atom stereocenters. The van der Waals surface area contributed by atoms with Gasteiger partial charge >= 0.3 is 0 Å². The van der Waals surface area contributed by atoms with Crippen molar-refractivity contribution < 1.29 is 14.4 Å². The molecule has 6 nitrogen and oxygen atoms in total. The molecule has 0 radical (unpaired) electrons. The van der Waals surface area contributed by atoms with Crippen molar-refractivity contribution >= 4 is 28.5 Å². The number of hydrogen-bond acceptors (Lipinski definition) is 3. The monoisotopic (exact) mass is 329 g/mol. The zero-order chi connectivity index (χ0) is 17.9. The molecule has 2 rings (SSSR count). The summed E-state index contributed by atoms with van der Waals surface area (Å²) in [6.45, 7) is 7.15. The van der Waals surface area contributed by atoms with Crippen LogP contribution < -0.4 is 10.6 Å². The van der Waals surface area contributed by atoms with Gasteiger partial charge in [-0.25, -0.2) is 0 Å². The van der Waals surface area contributed by atoms with Crippen LogP contribution in [0.3, 0.4) is 0 Å². The zero-order valence-electron chi connectivity index (χ0n) is 14.4. The Hall–Kier alpha value is -2.63. The molecule has 3 N–H and O–H groups in total. The lowest BCUT2D eigenvalue weighted by Gasteiger charge is -2.17. The van der Waals surface area contributed by atoms with Gasteiger partial charge in [0.25, 0.3) is 11.7 Å². The summed E-state index contributed by atoms with van der Waals surface area (Å²) < 4.78 is 0. The molecule has 0 saturated carbocycles. The predicted molar refractivity (Wildman–Crippen MR) is 92.9 cm³/mol. The number of fused-ring (bicyclic) bond motifs is 1. The van der Waals surface area contributed by atoms with Gasteiger partial charge in [0.1, 0.15) is 6.04 Å². The summed E-state index contributed by atoms with van der Waals surface area (Å²) in [4.78, 5) is 39.9. The number of para-hydroxylation sites is 1. The number of nitrogens with one attached hydrogen (secondary N) is 3. The number of aryl methyl sites for hydroxylation is 1. The molecule has 2 atom stereocenters. The van der Waals surface area contributed by atoms with Crippen molar-refractivity contribution in [3.63, 3.8) is 0 Å². The molecule has 2 amide bonds. The first kappa shape index (κ1) is 17.7. The van der Waals surface area contributed by atoms with Crippen LogP contribution in [0.25, 0.3) is 10.9 Å². The van der Waals surface area contributed by atoms with Crippen molar-refractivity contribution in [2.75, 3.05) is 0 Å². The summed E-state index contributed by atoms with van der Waals surface area (Å²) in [7, 11) is 0. The maximum absolute atomic E-state index is 12.5. The number of amides is 2. The lowest BCUT2D eigenvalue weighted by molar-refractivity contribution is -0.127. The number of rotatable bonds is 6. The maximum atomic E-state index is 12.5. The van der Waals surface area contributed by atoms with Crippen molar-refractivity contribution in [2.24, 2.45) is 0 Å². The van der Waals surface area contributed by atoms with E-state index in [-0.39, 0.29) is 11.9 Å². The van der Waals surface area contributed by atoms with Crippen LogP contribution in [-0.4, -0.2) is 34.7 Å². The van der Waals surface area contributed by atoms with Crippen LogP contribution in [0.2, 0.25) is 0 Å². The van der Waals surface area contributed by atoms with E-state index >= 15 is 0 Å². The molecule has 0 saturated heterocycles. The fraction of sp³-hybridized carbons (Fsp3) is 0.389. The highest BCUT2D eigenvalue weighted by atomic mass is 16.2. The van der Waals surface area contributed by atoms with Gasteiger partial charge in [-0.15, -0.1) is 0 Å². The van der Waals surface area contributed by atoms with Crippen molar-refractivity contribution in [1.29, 1.82) is 0 Å². The first-order valence-corrected chi connectivity index (χ1v) is 8.08. The van der Waals surface area contributed by atoms with Gasteiger partial charge in [-0.2, -0.15) is 0 Å². The van der Waals surface area contributed by atoms with Gasteiger partial charge in [0.2, 0.25) is 5.91 Å². The van der Waals surface area contributed by atoms with Gasteiger partial charge in [0.05, 0.1) is 5.56 Å². The zero-order valence-corrected chi connectivity index (χ0v) is 14.4. The van der Waals surface area contributed by atoms with Gasteiger partial charge in [0.15, 0.2) is 0 Å². The molecule has 0 spiro atoms. The van der Waals surface area contributed by atoms with Crippen LogP contribution >= 0.6 is 0 Å². The summed E-state index contributed by atoms with van der Waals surface area (Å²) in [6, 6.07) is 6.54. The lowest BCUT2D eigenvalue weighted by Crippen LogP contribution is -2.49. The lowest BCUT2D eigenvalue weighted by atomic mass is 10.1. The third-order valence-corrected chi connectivity index (χ3v) is 4.07. The van der Waals surface area contributed by atoms with Crippen molar-refractivity contribution in [3.8, 4) is 0 Å². The number of Topliss-reactive ketones (excluding diaryl/α,β-unsaturated/α-hetero) is 1. The van der Waals surface area contributed by atoms with Crippen LogP contribution in [0.1, 0.15) is 43.2 Å². The summed E-state index contributed by atoms with van der Waals surface area (Å²) in [5.41, 5.74) is 1.78. The average Bonchev–Trinajstić information content (AvgIpc) is 2.89. The highest BCUT2D eigenvalue weighted by molar-refractivity contribution is 6.45. The third-order valence-electron chi connectivity index (χ3n) is 4.07. The van der Waals surface area contributed by atoms with Crippen LogP contribution in [0.15, 0.2) is 24.3 Å². The summed E-state index contributed by atoms with van der Waals surface area (Å²) in [5.74, 6) is -1.73. The highest BCUT2D eigenvalue weighted by Crippen LogP contribution is 2.22. The van der Waals surface area contributed by atoms with Crippen molar-refractivity contribution in [3.05, 3.63) is 35.5 Å². The first-order valence-electron chi connectivity index (χ1n) is 8.08. The smallest absolute Gasteiger partial charge is 0.293 e. The quantitative estimate of drug-likeness (QED) is 0.560. The number of benzene rings is 1. The Kier molecular flexibility index (Phi) is 5.39. The average molecular weight is 329 g/mol. The van der Waals surface area contributed by atoms with Crippen molar-refractivity contribution in [2.45, 2.75) is 46.2 Å². The minimum absolute atomic E-state index is 0.0171. The maximum Gasteiger partial charge on any atom is 0.293 e. The molecular formula is C18H23N3O3. The molecule has 0 fully saturated rings. The van der Waals surface area contributed by atoms with Gasteiger partial charge < -0.3 is 15.6 Å². The largest absolute Gasteiger partial charge is 0.358 e. The predicted octanol–water partition coefficient (Wildman–Crippen LogP) is 2.08. The number of carbonyl (C=O) groups is 3. The molecule has 24 heavy (non-hydrogen) atoms. The molecule has 2 aromatic rings. The van der Waals surface area contributed by atoms with Crippen LogP contribution in [-0.2, 0) is 9.59 Å². The van der Waals surface area contributed by atoms with E-state index < -0.39 is 17.7 Å². The molecule has 0 bridgehead atoms. The minimum atomic E-state index is -0.783. The van der Waals surface area contributed by atoms with Gasteiger partial charge in [-0.3, -0.25) is 14.4 Å². The number of ketones is 1. The molecule has 6 heteroatoms. The Bertz CT molecular complexity index is 779. The van der Waals surface area contributed by atoms with Crippen LogP contribution in [0.4, 0.5) is 0 Å². The summed E-state index contributed by atoms with van der Waals surface area (Å²) in [6.07, 6.45) is 0.792. The van der Waals surface area contributed by atoms with E-state index in [4.69, 9.17) is 0 Å². The number of H-pyrrole nitrogens is 1. The van der Waals surface area contributed by atoms with E-state index in [1.807, 2.05) is 32.0 Å². The molecule has 128 valence electrons. The van der Waals surface area contributed by atoms with Gasteiger partial charge in [-0.1, -0.05) is 25.1 Å². The van der Waals surface area contributed by atoms with Crippen LogP contribution in [0, 0.1) is 6.92 Å². The Morgan fingerprint density at radius 1 is 1.12 bits per heavy atom. The van der Waals surface area contributed by atoms with E-state index in [2.05, 4.69) is 15.6 Å². The second kappa shape index (κ2) is 7.29. The second-order valence-corrected chi connectivity index (χ2v) is 6.01. The summed E-state index contributed by atoms with van der Waals surface area (Å²) >= 11 is 0. The molecule has 1 aromatic carbocycles. The standard InChI is InChI=1S/C18H23N3O3/c1-5-10(2)19-17(23)12(4)21-18(24)16(22)15-11(3)20-14-9-7-6-8-13(14)15/h6-10,12,20H,5H2,1-4H3,(H,19,23)(H,21,24)/t10-,12-/m1/s1. The molecule has 1 heterocycles. The fourth-order valence-electron chi connectivity index (χ4n) is 2.48. The van der Waals surface area contributed by atoms with E-state index in [9.17, 15) is 14.4 Å². The fourth-order valence-corrected chi connectivity index (χ4v) is 2.48. The Morgan fingerprint density at radius 2 is 1.79 bits per heavy atom. The van der Waals surface area contributed by atoms with Crippen molar-refractivity contribution in [1.82, 2.24) is 15.6 Å². The second-order valence-electron chi connectivity index (χ2n) is 6.01. The number of aromatic amines is 1. The minimum Gasteiger partial charge on any atom is -0.358 e. The van der Waals surface area contributed by atoms with E-state index in [1.165, 1.54) is 0 Å². The Morgan fingerprint density at radius 3 is 2.46 bits per heavy atom. The van der Waals surface area contributed by atoms with Gasteiger partial charge in [-0.05, 0) is 33.3 Å². The molecule has 0 aliphatic rings. The highest BCUT2D eigenvalue weighted by Gasteiger charge is 2.25. The summed E-state index contributed by atoms with van der Waals surface area (Å²) in [5, 5.41) is 5.95. The van der Waals surface area contributed by atoms with E-state index in [0.29, 0.717) is 16.6 Å². The Labute approximate surface area is 141 Å².